The molecule has 0 saturated heterocycles. The fourth-order valence-electron chi connectivity index (χ4n) is 9.31. The monoisotopic (exact) mass is 1470 g/mol. The van der Waals surface area contributed by atoms with Crippen molar-refractivity contribution in [3.05, 3.63) is 229 Å². The molecule has 0 aliphatic carbocycles. The second-order valence-corrected chi connectivity index (χ2v) is 34.7. The van der Waals surface area contributed by atoms with Gasteiger partial charge in [0.2, 0.25) is 0 Å². The first-order valence-corrected chi connectivity index (χ1v) is 35.5. The molecule has 0 bridgehead atoms. The third-order valence-electron chi connectivity index (χ3n) is 13.7. The Morgan fingerprint density at radius 1 is 0.400 bits per heavy atom. The minimum Gasteiger partial charge on any atom is -0.304 e. The van der Waals surface area contributed by atoms with Crippen LogP contribution in [-0.4, -0.2) is 36.1 Å². The van der Waals surface area contributed by atoms with E-state index in [0.29, 0.717) is 11.8 Å². The Hall–Kier alpha value is -5.91. The molecule has 0 fully saturated rings. The molecule has 12 aromatic rings. The fraction of sp³-hybridized carbons (Fsp3) is 0.200. The van der Waals surface area contributed by atoms with Crippen LogP contribution in [-0.2, 0) is 40.2 Å². The van der Waals surface area contributed by atoms with E-state index in [2.05, 4.69) is 198 Å². The van der Waals surface area contributed by atoms with Crippen molar-refractivity contribution in [1.29, 1.82) is 0 Å². The van der Waals surface area contributed by atoms with Gasteiger partial charge in [-0.2, -0.15) is 22.7 Å². The standard InChI is InChI=1S/2C23H24NSSi.2C12H10N.2Ir/c1-15(2)16-12-13-19(24-14-16)17-8-6-9-18-22-20(25-23(17)18)10-7-11-21(22)26(3,4)5;1-15(2)16-10-12-19(24-14-16)17-11-13-21(26(3,4)5)22-18-8-6-7-9-20(18)25-23(17)22;2*1-10-7-8-12(13-9-10)11-5-3-2-4-6-11;;/h6-7,9-15H,1-5H3;6-10,12-15H,1-5H3;2*2-5,7-9H,1H3;;/q4*-1;;. The molecule has 0 aliphatic heterocycles. The number of benzene rings is 6. The summed E-state index contributed by atoms with van der Waals surface area (Å²) in [6, 6.07) is 68.0. The Morgan fingerprint density at radius 2 is 0.887 bits per heavy atom. The van der Waals surface area contributed by atoms with E-state index in [-0.39, 0.29) is 40.2 Å². The molecule has 10 heteroatoms. The maximum Gasteiger partial charge on any atom is 0.0783 e. The Morgan fingerprint density at radius 3 is 1.36 bits per heavy atom. The van der Waals surface area contributed by atoms with Gasteiger partial charge >= 0.3 is 0 Å². The van der Waals surface area contributed by atoms with Crippen molar-refractivity contribution in [2.45, 2.75) is 92.7 Å². The van der Waals surface area contributed by atoms with Gasteiger partial charge < -0.3 is 19.9 Å². The van der Waals surface area contributed by atoms with Crippen LogP contribution in [0.2, 0.25) is 39.3 Å². The Kier molecular flexibility index (Phi) is 21.0. The first-order chi connectivity index (χ1) is 37.4. The molecule has 12 rings (SSSR count). The number of aromatic nitrogens is 4. The molecule has 0 aliphatic rings. The number of rotatable bonds is 8. The summed E-state index contributed by atoms with van der Waals surface area (Å²) in [4.78, 5) is 18.1. The van der Waals surface area contributed by atoms with Gasteiger partial charge in [0.15, 0.2) is 0 Å². The Bertz CT molecular complexity index is 3840. The molecule has 410 valence electrons. The number of hydrogen-bond acceptors (Lipinski definition) is 6. The van der Waals surface area contributed by atoms with E-state index in [1.54, 1.807) is 5.19 Å². The molecule has 6 aromatic carbocycles. The summed E-state index contributed by atoms with van der Waals surface area (Å²) in [5, 5.41) is 8.63. The second-order valence-electron chi connectivity index (χ2n) is 22.5. The number of nitrogens with zero attached hydrogens (tertiary/aromatic N) is 4. The molecule has 0 unspecified atom stereocenters. The number of pyridine rings is 4. The van der Waals surface area contributed by atoms with Crippen molar-refractivity contribution < 1.29 is 40.2 Å². The first-order valence-electron chi connectivity index (χ1n) is 26.9. The Labute approximate surface area is 512 Å². The van der Waals surface area contributed by atoms with Crippen LogP contribution in [0.15, 0.2) is 183 Å². The molecule has 6 heterocycles. The van der Waals surface area contributed by atoms with E-state index in [4.69, 9.17) is 9.97 Å². The molecule has 80 heavy (non-hydrogen) atoms. The van der Waals surface area contributed by atoms with E-state index in [9.17, 15) is 0 Å². The van der Waals surface area contributed by atoms with Crippen LogP contribution in [0.4, 0.5) is 0 Å². The van der Waals surface area contributed by atoms with Crippen molar-refractivity contribution in [2.24, 2.45) is 0 Å². The average molecular weight is 1470 g/mol. The minimum absolute atomic E-state index is 0. The second kappa shape index (κ2) is 27.2. The van der Waals surface area contributed by atoms with Crippen molar-refractivity contribution >= 4 is 89.5 Å². The zero-order chi connectivity index (χ0) is 55.1. The zero-order valence-corrected chi connectivity index (χ0v) is 56.2. The molecule has 0 amide bonds. The first kappa shape index (κ1) is 61.7. The summed E-state index contributed by atoms with van der Waals surface area (Å²) in [5.41, 5.74) is 13.3. The summed E-state index contributed by atoms with van der Waals surface area (Å²) in [6.07, 6.45) is 7.76. The molecular weight excluding hydrogens is 1400 g/mol. The summed E-state index contributed by atoms with van der Waals surface area (Å²) in [5.74, 6) is 0.999. The number of fused-ring (bicyclic) bond motifs is 6. The molecule has 0 spiro atoms. The maximum atomic E-state index is 4.77. The smallest absolute Gasteiger partial charge is 0.0783 e. The summed E-state index contributed by atoms with van der Waals surface area (Å²) < 4.78 is 5.36. The molecule has 4 nitrogen and oxygen atoms in total. The molecule has 2 radical (unpaired) electrons. The molecule has 0 N–H and O–H groups in total. The van der Waals surface area contributed by atoms with Gasteiger partial charge in [0.05, 0.1) is 8.07 Å². The number of thiophene rings is 2. The summed E-state index contributed by atoms with van der Waals surface area (Å²) in [6.45, 7) is 27.4. The average Bonchev–Trinajstić information content (AvgIpc) is 4.20. The number of aryl methyl sites for hydroxylation is 2. The van der Waals surface area contributed by atoms with Crippen molar-refractivity contribution in [3.8, 4) is 45.0 Å². The molecular formula is C70H68Ir2N4S2Si2-4. The van der Waals surface area contributed by atoms with Gasteiger partial charge in [0.1, 0.15) is 0 Å². The van der Waals surface area contributed by atoms with Crippen LogP contribution in [0, 0.1) is 38.1 Å². The van der Waals surface area contributed by atoms with E-state index in [1.165, 1.54) is 67.8 Å². The predicted octanol–water partition coefficient (Wildman–Crippen LogP) is 18.9. The minimum atomic E-state index is -1.47. The normalized spacial score (nSPS) is 11.3. The van der Waals surface area contributed by atoms with Crippen molar-refractivity contribution in [2.75, 3.05) is 0 Å². The van der Waals surface area contributed by atoms with Crippen molar-refractivity contribution in [1.82, 2.24) is 19.9 Å². The molecule has 0 saturated carbocycles. The third kappa shape index (κ3) is 14.6. The van der Waals surface area contributed by atoms with Gasteiger partial charge in [0, 0.05) is 82.5 Å². The quantitative estimate of drug-likeness (QED) is 0.112. The summed E-state index contributed by atoms with van der Waals surface area (Å²) in [7, 11) is -2.89. The molecule has 6 aromatic heterocycles. The van der Waals surface area contributed by atoms with E-state index in [1.807, 2.05) is 122 Å². The fourth-order valence-corrected chi connectivity index (χ4v) is 15.1. The van der Waals surface area contributed by atoms with Crippen LogP contribution < -0.4 is 10.4 Å². The van der Waals surface area contributed by atoms with Crippen LogP contribution in [0.5, 0.6) is 0 Å². The van der Waals surface area contributed by atoms with Gasteiger partial charge in [-0.1, -0.05) is 162 Å². The van der Waals surface area contributed by atoms with Crippen LogP contribution in [0.25, 0.3) is 85.4 Å². The van der Waals surface area contributed by atoms with Gasteiger partial charge in [-0.3, -0.25) is 0 Å². The van der Waals surface area contributed by atoms with Crippen molar-refractivity contribution in [3.63, 3.8) is 0 Å². The number of hydrogen-bond donors (Lipinski definition) is 0. The van der Waals surface area contributed by atoms with Gasteiger partial charge in [0.25, 0.3) is 0 Å². The van der Waals surface area contributed by atoms with E-state index >= 15 is 0 Å². The van der Waals surface area contributed by atoms with E-state index < -0.39 is 16.1 Å². The predicted molar refractivity (Wildman–Crippen MR) is 343 cm³/mol. The van der Waals surface area contributed by atoms with Gasteiger partial charge in [-0.05, 0) is 103 Å². The topological polar surface area (TPSA) is 51.6 Å². The van der Waals surface area contributed by atoms with Gasteiger partial charge in [-0.25, -0.2) is 0 Å². The van der Waals surface area contributed by atoms with Crippen LogP contribution in [0.3, 0.4) is 0 Å². The SMILES string of the molecule is CC(C)c1ccc(-c2[c-]cc([Si](C)(C)C)c3c2sc2ccccc23)nc1.CC(C)c1ccc(-c2[c-]ccc3c2sc2cccc([Si](C)(C)C)c23)nc1.Cc1ccc(-c2[c-]cccc2)nc1.Cc1ccc(-c2[c-]cccc2)nc1.[Ir].[Ir]. The molecule has 0 atom stereocenters. The third-order valence-corrected chi connectivity index (χ3v) is 20.2. The maximum absolute atomic E-state index is 4.77. The summed E-state index contributed by atoms with van der Waals surface area (Å²) >= 11 is 3.75. The largest absolute Gasteiger partial charge is 0.304 e. The van der Waals surface area contributed by atoms with Crippen LogP contribution in [0.1, 0.15) is 61.8 Å². The van der Waals surface area contributed by atoms with Gasteiger partial charge in [-0.15, -0.1) is 118 Å². The zero-order valence-electron chi connectivity index (χ0n) is 47.7. The van der Waals surface area contributed by atoms with Crippen LogP contribution >= 0.6 is 22.7 Å². The Balaban J connectivity index is 0.000000160. The van der Waals surface area contributed by atoms with E-state index in [0.717, 1.165) is 45.0 Å².